The van der Waals surface area contributed by atoms with E-state index in [0.29, 0.717) is 0 Å². The molecule has 0 aromatic heterocycles. The summed E-state index contributed by atoms with van der Waals surface area (Å²) in [4.78, 5) is 0. The second kappa shape index (κ2) is 4.60. The summed E-state index contributed by atoms with van der Waals surface area (Å²) in [6.07, 6.45) is 2.03. The zero-order valence-corrected chi connectivity index (χ0v) is 7.58. The zero-order chi connectivity index (χ0) is 8.81. The van der Waals surface area contributed by atoms with Gasteiger partial charge in [-0.15, -0.1) is 0 Å². The Morgan fingerprint density at radius 1 is 1.33 bits per heavy atom. The maximum atomic E-state index is 5.31. The van der Waals surface area contributed by atoms with Crippen molar-refractivity contribution in [2.24, 2.45) is 0 Å². The third-order valence-corrected chi connectivity index (χ3v) is 1.54. The van der Waals surface area contributed by atoms with Gasteiger partial charge < -0.3 is 4.74 Å². The summed E-state index contributed by atoms with van der Waals surface area (Å²) in [6.45, 7) is 4.69. The fraction of sp³-hybridized carbons (Fsp3) is 0.273. The van der Waals surface area contributed by atoms with E-state index in [1.54, 1.807) is 0 Å². The number of ether oxygens (including phenoxy) is 1. The first kappa shape index (κ1) is 8.85. The van der Waals surface area contributed by atoms with Crippen molar-refractivity contribution in [3.63, 3.8) is 0 Å². The van der Waals surface area contributed by atoms with Gasteiger partial charge in [-0.3, -0.25) is 0 Å². The Morgan fingerprint density at radius 3 is 2.58 bits per heavy atom. The number of allylic oxidation sites excluding steroid dienone is 1. The SMILES string of the molecule is CCO/C(C)=C\c1ccccc1. The Bertz CT molecular complexity index is 249. The van der Waals surface area contributed by atoms with E-state index >= 15 is 0 Å². The van der Waals surface area contributed by atoms with Crippen LogP contribution in [0.5, 0.6) is 0 Å². The molecule has 1 heteroatoms. The van der Waals surface area contributed by atoms with Crippen molar-refractivity contribution in [2.45, 2.75) is 13.8 Å². The molecule has 0 saturated carbocycles. The van der Waals surface area contributed by atoms with Crippen LogP contribution in [0.3, 0.4) is 0 Å². The van der Waals surface area contributed by atoms with Crippen LogP contribution >= 0.6 is 0 Å². The van der Waals surface area contributed by atoms with Crippen LogP contribution in [0.1, 0.15) is 19.4 Å². The van der Waals surface area contributed by atoms with Gasteiger partial charge in [0.05, 0.1) is 12.4 Å². The van der Waals surface area contributed by atoms with Crippen molar-refractivity contribution in [2.75, 3.05) is 6.61 Å². The van der Waals surface area contributed by atoms with Crippen molar-refractivity contribution in [1.29, 1.82) is 0 Å². The first-order valence-electron chi connectivity index (χ1n) is 4.19. The Hall–Kier alpha value is -1.24. The molecule has 0 amide bonds. The summed E-state index contributed by atoms with van der Waals surface area (Å²) in [6, 6.07) is 10.2. The van der Waals surface area contributed by atoms with Gasteiger partial charge in [-0.2, -0.15) is 0 Å². The topological polar surface area (TPSA) is 9.23 Å². The second-order valence-electron chi connectivity index (χ2n) is 2.60. The minimum absolute atomic E-state index is 0.731. The van der Waals surface area contributed by atoms with E-state index in [0.717, 1.165) is 12.4 Å². The Kier molecular flexibility index (Phi) is 3.39. The molecule has 1 aromatic carbocycles. The lowest BCUT2D eigenvalue weighted by Crippen LogP contribution is -1.85. The van der Waals surface area contributed by atoms with Crippen LogP contribution in [-0.2, 0) is 4.74 Å². The number of hydrogen-bond donors (Lipinski definition) is 0. The summed E-state index contributed by atoms with van der Waals surface area (Å²) in [5.74, 6) is 0.962. The molecule has 1 nitrogen and oxygen atoms in total. The lowest BCUT2D eigenvalue weighted by molar-refractivity contribution is 0.235. The zero-order valence-electron chi connectivity index (χ0n) is 7.58. The molecule has 0 fully saturated rings. The fourth-order valence-electron chi connectivity index (χ4n) is 1.05. The molecule has 0 spiro atoms. The van der Waals surface area contributed by atoms with Gasteiger partial charge in [-0.05, 0) is 25.5 Å². The highest BCUT2D eigenvalue weighted by Gasteiger charge is 1.88. The van der Waals surface area contributed by atoms with Crippen LogP contribution in [0, 0.1) is 0 Å². The Balaban J connectivity index is 2.67. The van der Waals surface area contributed by atoms with Crippen molar-refractivity contribution in [3.8, 4) is 0 Å². The van der Waals surface area contributed by atoms with Gasteiger partial charge in [0, 0.05) is 0 Å². The minimum atomic E-state index is 0.731. The van der Waals surface area contributed by atoms with Gasteiger partial charge in [-0.25, -0.2) is 0 Å². The first-order chi connectivity index (χ1) is 5.83. The summed E-state index contributed by atoms with van der Waals surface area (Å²) >= 11 is 0. The smallest absolute Gasteiger partial charge is 0.0934 e. The molecular weight excluding hydrogens is 148 g/mol. The van der Waals surface area contributed by atoms with E-state index in [1.165, 1.54) is 5.56 Å². The average molecular weight is 162 g/mol. The molecule has 1 aromatic rings. The quantitative estimate of drug-likeness (QED) is 0.620. The molecule has 0 atom stereocenters. The van der Waals surface area contributed by atoms with Gasteiger partial charge >= 0.3 is 0 Å². The molecule has 12 heavy (non-hydrogen) atoms. The first-order valence-corrected chi connectivity index (χ1v) is 4.19. The predicted octanol–water partition coefficient (Wildman–Crippen LogP) is 3.08. The highest BCUT2D eigenvalue weighted by atomic mass is 16.5. The third kappa shape index (κ3) is 2.79. The van der Waals surface area contributed by atoms with Crippen LogP contribution in [0.2, 0.25) is 0 Å². The number of rotatable bonds is 3. The Morgan fingerprint density at radius 2 is 2.00 bits per heavy atom. The fourth-order valence-corrected chi connectivity index (χ4v) is 1.05. The minimum Gasteiger partial charge on any atom is -0.499 e. The molecule has 0 bridgehead atoms. The van der Waals surface area contributed by atoms with E-state index in [9.17, 15) is 0 Å². The largest absolute Gasteiger partial charge is 0.499 e. The van der Waals surface area contributed by atoms with E-state index < -0.39 is 0 Å². The molecule has 0 unspecified atom stereocenters. The van der Waals surface area contributed by atoms with E-state index in [1.807, 2.05) is 38.1 Å². The highest BCUT2D eigenvalue weighted by Crippen LogP contribution is 2.06. The molecular formula is C11H14O. The lowest BCUT2D eigenvalue weighted by atomic mass is 10.2. The van der Waals surface area contributed by atoms with Crippen LogP contribution in [0.4, 0.5) is 0 Å². The van der Waals surface area contributed by atoms with E-state index in [4.69, 9.17) is 4.74 Å². The van der Waals surface area contributed by atoms with Crippen LogP contribution in [0.25, 0.3) is 6.08 Å². The maximum Gasteiger partial charge on any atom is 0.0934 e. The molecule has 0 N–H and O–H groups in total. The highest BCUT2D eigenvalue weighted by molar-refractivity contribution is 5.50. The van der Waals surface area contributed by atoms with Crippen molar-refractivity contribution in [3.05, 3.63) is 41.7 Å². The van der Waals surface area contributed by atoms with Crippen LogP contribution in [0.15, 0.2) is 36.1 Å². The van der Waals surface area contributed by atoms with E-state index in [2.05, 4.69) is 12.1 Å². The van der Waals surface area contributed by atoms with Crippen molar-refractivity contribution < 1.29 is 4.74 Å². The van der Waals surface area contributed by atoms with Gasteiger partial charge in [0.15, 0.2) is 0 Å². The number of hydrogen-bond acceptors (Lipinski definition) is 1. The number of benzene rings is 1. The summed E-state index contributed by atoms with van der Waals surface area (Å²) < 4.78 is 5.31. The van der Waals surface area contributed by atoms with Crippen LogP contribution < -0.4 is 0 Å². The normalized spacial score (nSPS) is 11.3. The second-order valence-corrected chi connectivity index (χ2v) is 2.60. The molecule has 1 rings (SSSR count). The summed E-state index contributed by atoms with van der Waals surface area (Å²) in [5.41, 5.74) is 1.18. The molecule has 0 aliphatic heterocycles. The predicted molar refractivity (Wildman–Crippen MR) is 51.7 cm³/mol. The Labute approximate surface area is 73.7 Å². The molecule has 0 heterocycles. The van der Waals surface area contributed by atoms with Crippen molar-refractivity contribution >= 4 is 6.08 Å². The standard InChI is InChI=1S/C11H14O/c1-3-12-10(2)9-11-7-5-4-6-8-11/h4-9H,3H2,1-2H3/b10-9-. The molecule has 64 valence electrons. The van der Waals surface area contributed by atoms with Crippen LogP contribution in [-0.4, -0.2) is 6.61 Å². The maximum absolute atomic E-state index is 5.31. The third-order valence-electron chi connectivity index (χ3n) is 1.54. The summed E-state index contributed by atoms with van der Waals surface area (Å²) in [5, 5.41) is 0. The lowest BCUT2D eigenvalue weighted by Gasteiger charge is -2.01. The molecule has 0 radical (unpaired) electrons. The monoisotopic (exact) mass is 162 g/mol. The van der Waals surface area contributed by atoms with Gasteiger partial charge in [0.25, 0.3) is 0 Å². The molecule has 0 aliphatic carbocycles. The van der Waals surface area contributed by atoms with Gasteiger partial charge in [0.1, 0.15) is 0 Å². The van der Waals surface area contributed by atoms with Crippen molar-refractivity contribution in [1.82, 2.24) is 0 Å². The average Bonchev–Trinajstić information content (AvgIpc) is 2.06. The van der Waals surface area contributed by atoms with E-state index in [-0.39, 0.29) is 0 Å². The molecule has 0 saturated heterocycles. The van der Waals surface area contributed by atoms with Gasteiger partial charge in [-0.1, -0.05) is 30.3 Å². The summed E-state index contributed by atoms with van der Waals surface area (Å²) in [7, 11) is 0. The van der Waals surface area contributed by atoms with Gasteiger partial charge in [0.2, 0.25) is 0 Å². The molecule has 0 aliphatic rings.